The van der Waals surface area contributed by atoms with Gasteiger partial charge >= 0.3 is 6.01 Å². The van der Waals surface area contributed by atoms with Gasteiger partial charge in [-0.2, -0.15) is 4.98 Å². The maximum Gasteiger partial charge on any atom is 0.324 e. The van der Waals surface area contributed by atoms with Gasteiger partial charge in [0.25, 0.3) is 5.91 Å². The van der Waals surface area contributed by atoms with Crippen LogP contribution < -0.4 is 10.6 Å². The van der Waals surface area contributed by atoms with Gasteiger partial charge in [0.05, 0.1) is 12.2 Å². The van der Waals surface area contributed by atoms with Crippen LogP contribution in [-0.4, -0.2) is 42.4 Å². The molecule has 0 unspecified atom stereocenters. The number of rotatable bonds is 9. The number of halogens is 1. The molecule has 1 aliphatic heterocycles. The summed E-state index contributed by atoms with van der Waals surface area (Å²) < 4.78 is 24.9. The highest BCUT2D eigenvalue weighted by molar-refractivity contribution is 5.93. The first-order valence-corrected chi connectivity index (χ1v) is 11.0. The molecule has 1 aromatic heterocycles. The summed E-state index contributed by atoms with van der Waals surface area (Å²) in [7, 11) is 0. The number of nitrogens with zero attached hydrogens (tertiary/aromatic N) is 3. The summed E-state index contributed by atoms with van der Waals surface area (Å²) in [6.07, 6.45) is 4.97. The Morgan fingerprint density at radius 3 is 2.65 bits per heavy atom. The standard InChI is InChI=1S/C23H33FN4O3/c1-23(2,3)21-26-22(31-27-21)28-11-8-16(9-12-28)5-4-13-30-14-10-17-6-7-18(20(25)29)19(24)15-17/h6-7,15-16H,4-5,8-14H2,1-3H3,(H2,25,29). The second-order valence-corrected chi connectivity index (χ2v) is 9.26. The van der Waals surface area contributed by atoms with Crippen molar-refractivity contribution in [3.63, 3.8) is 0 Å². The number of benzene rings is 1. The molecule has 1 aliphatic rings. The van der Waals surface area contributed by atoms with Crippen molar-refractivity contribution in [2.24, 2.45) is 11.7 Å². The Labute approximate surface area is 183 Å². The van der Waals surface area contributed by atoms with E-state index in [1.165, 1.54) is 12.1 Å². The van der Waals surface area contributed by atoms with Crippen LogP contribution in [0.4, 0.5) is 10.4 Å². The number of piperidine rings is 1. The number of nitrogens with two attached hydrogens (primary N) is 1. The number of hydrogen-bond acceptors (Lipinski definition) is 6. The molecule has 1 saturated heterocycles. The number of amides is 1. The zero-order chi connectivity index (χ0) is 22.4. The molecule has 0 spiro atoms. The number of hydrogen-bond donors (Lipinski definition) is 1. The number of carbonyl (C=O) groups excluding carboxylic acids is 1. The summed E-state index contributed by atoms with van der Waals surface area (Å²) in [5.41, 5.74) is 5.73. The van der Waals surface area contributed by atoms with Gasteiger partial charge < -0.3 is 19.9 Å². The highest BCUT2D eigenvalue weighted by Crippen LogP contribution is 2.27. The van der Waals surface area contributed by atoms with Crippen LogP contribution in [-0.2, 0) is 16.6 Å². The molecule has 0 radical (unpaired) electrons. The van der Waals surface area contributed by atoms with E-state index < -0.39 is 11.7 Å². The monoisotopic (exact) mass is 432 g/mol. The van der Waals surface area contributed by atoms with Crippen molar-refractivity contribution in [2.75, 3.05) is 31.2 Å². The van der Waals surface area contributed by atoms with Crippen molar-refractivity contribution in [3.8, 4) is 0 Å². The second kappa shape index (κ2) is 10.2. The number of primary amides is 1. The smallest absolute Gasteiger partial charge is 0.324 e. The van der Waals surface area contributed by atoms with Gasteiger partial charge in [-0.15, -0.1) is 0 Å². The molecule has 0 bridgehead atoms. The van der Waals surface area contributed by atoms with Crippen molar-refractivity contribution >= 4 is 11.9 Å². The average Bonchev–Trinajstić information content (AvgIpc) is 3.22. The van der Waals surface area contributed by atoms with E-state index in [0.717, 1.165) is 50.2 Å². The fraction of sp³-hybridized carbons (Fsp3) is 0.609. The fourth-order valence-electron chi connectivity index (χ4n) is 3.74. The van der Waals surface area contributed by atoms with Crippen LogP contribution in [0.3, 0.4) is 0 Å². The number of carbonyl (C=O) groups is 1. The molecule has 7 nitrogen and oxygen atoms in total. The third-order valence-electron chi connectivity index (χ3n) is 5.71. The lowest BCUT2D eigenvalue weighted by Gasteiger charge is -2.30. The van der Waals surface area contributed by atoms with Crippen molar-refractivity contribution in [3.05, 3.63) is 41.0 Å². The van der Waals surface area contributed by atoms with Gasteiger partial charge in [0.15, 0.2) is 5.82 Å². The molecule has 2 N–H and O–H groups in total. The predicted octanol–water partition coefficient (Wildman–Crippen LogP) is 3.86. The molecule has 170 valence electrons. The molecule has 31 heavy (non-hydrogen) atoms. The van der Waals surface area contributed by atoms with E-state index in [1.54, 1.807) is 6.07 Å². The topological polar surface area (TPSA) is 94.5 Å². The van der Waals surface area contributed by atoms with Crippen LogP contribution in [0.2, 0.25) is 0 Å². The highest BCUT2D eigenvalue weighted by atomic mass is 19.1. The molecule has 0 saturated carbocycles. The molecule has 8 heteroatoms. The minimum atomic E-state index is -0.752. The van der Waals surface area contributed by atoms with E-state index in [1.807, 2.05) is 0 Å². The molecule has 0 aliphatic carbocycles. The lowest BCUT2D eigenvalue weighted by molar-refractivity contribution is 0.0996. The lowest BCUT2D eigenvalue weighted by atomic mass is 9.92. The number of aromatic nitrogens is 2. The average molecular weight is 433 g/mol. The summed E-state index contributed by atoms with van der Waals surface area (Å²) in [5.74, 6) is 0.0954. The van der Waals surface area contributed by atoms with Crippen LogP contribution in [0, 0.1) is 11.7 Å². The van der Waals surface area contributed by atoms with Crippen LogP contribution >= 0.6 is 0 Å². The molecule has 2 aromatic rings. The Kier molecular flexibility index (Phi) is 7.64. The summed E-state index contributed by atoms with van der Waals surface area (Å²) in [6, 6.07) is 5.13. The van der Waals surface area contributed by atoms with Crippen LogP contribution in [0.5, 0.6) is 0 Å². The van der Waals surface area contributed by atoms with Gasteiger partial charge in [-0.3, -0.25) is 4.79 Å². The Hall–Kier alpha value is -2.48. The summed E-state index contributed by atoms with van der Waals surface area (Å²) in [5, 5.41) is 4.11. The van der Waals surface area contributed by atoms with Gasteiger partial charge in [-0.1, -0.05) is 32.0 Å². The highest BCUT2D eigenvalue weighted by Gasteiger charge is 2.26. The molecule has 3 rings (SSSR count). The predicted molar refractivity (Wildman–Crippen MR) is 117 cm³/mol. The summed E-state index contributed by atoms with van der Waals surface area (Å²) >= 11 is 0. The fourth-order valence-corrected chi connectivity index (χ4v) is 3.74. The normalized spacial score (nSPS) is 15.4. The Morgan fingerprint density at radius 2 is 2.03 bits per heavy atom. The molecule has 1 amide bonds. The SMILES string of the molecule is CC(C)(C)c1noc(N2CCC(CCCOCCc3ccc(C(N)=O)c(F)c3)CC2)n1. The third kappa shape index (κ3) is 6.50. The molecule has 1 fully saturated rings. The molecular formula is C23H33FN4O3. The van der Waals surface area contributed by atoms with Crippen molar-refractivity contribution in [1.29, 1.82) is 0 Å². The molecule has 2 heterocycles. The van der Waals surface area contributed by atoms with E-state index >= 15 is 0 Å². The van der Waals surface area contributed by atoms with Gasteiger partial charge in [0.1, 0.15) is 5.82 Å². The van der Waals surface area contributed by atoms with E-state index in [-0.39, 0.29) is 11.0 Å². The molecule has 0 atom stereocenters. The van der Waals surface area contributed by atoms with Crippen LogP contribution in [0.25, 0.3) is 0 Å². The van der Waals surface area contributed by atoms with Gasteiger partial charge in [0.2, 0.25) is 0 Å². The summed E-state index contributed by atoms with van der Waals surface area (Å²) in [6.45, 7) is 9.33. The first kappa shape index (κ1) is 23.2. The van der Waals surface area contributed by atoms with E-state index in [9.17, 15) is 9.18 Å². The van der Waals surface area contributed by atoms with E-state index in [0.29, 0.717) is 31.6 Å². The van der Waals surface area contributed by atoms with Gasteiger partial charge in [0, 0.05) is 25.1 Å². The Morgan fingerprint density at radius 1 is 1.29 bits per heavy atom. The minimum absolute atomic E-state index is 0.0792. The van der Waals surface area contributed by atoms with Crippen molar-refractivity contribution in [2.45, 2.75) is 58.3 Å². The van der Waals surface area contributed by atoms with Crippen LogP contribution in [0.1, 0.15) is 68.2 Å². The first-order chi connectivity index (χ1) is 14.7. The Bertz CT molecular complexity index is 870. The van der Waals surface area contributed by atoms with Crippen molar-refractivity contribution < 1.29 is 18.4 Å². The molecular weight excluding hydrogens is 399 g/mol. The Balaban J connectivity index is 1.30. The second-order valence-electron chi connectivity index (χ2n) is 9.26. The number of anilines is 1. The zero-order valence-corrected chi connectivity index (χ0v) is 18.7. The largest absolute Gasteiger partial charge is 0.381 e. The maximum absolute atomic E-state index is 13.8. The quantitative estimate of drug-likeness (QED) is 0.605. The number of ether oxygens (including phenoxy) is 1. The van der Waals surface area contributed by atoms with Crippen molar-refractivity contribution in [1.82, 2.24) is 10.1 Å². The first-order valence-electron chi connectivity index (χ1n) is 11.0. The molecule has 1 aromatic carbocycles. The van der Waals surface area contributed by atoms with Gasteiger partial charge in [-0.25, -0.2) is 4.39 Å². The zero-order valence-electron chi connectivity index (χ0n) is 18.7. The summed E-state index contributed by atoms with van der Waals surface area (Å²) in [4.78, 5) is 17.8. The maximum atomic E-state index is 13.8. The van der Waals surface area contributed by atoms with Crippen LogP contribution in [0.15, 0.2) is 22.7 Å². The van der Waals surface area contributed by atoms with E-state index in [2.05, 4.69) is 35.8 Å². The van der Waals surface area contributed by atoms with Gasteiger partial charge in [-0.05, 0) is 55.7 Å². The third-order valence-corrected chi connectivity index (χ3v) is 5.71. The van der Waals surface area contributed by atoms with E-state index in [4.69, 9.17) is 15.0 Å². The minimum Gasteiger partial charge on any atom is -0.381 e. The lowest BCUT2D eigenvalue weighted by Crippen LogP contribution is -2.34.